The zero-order valence-electron chi connectivity index (χ0n) is 9.73. The summed E-state index contributed by atoms with van der Waals surface area (Å²) in [6, 6.07) is 0. The van der Waals surface area contributed by atoms with Gasteiger partial charge in [0.1, 0.15) is 17.9 Å². The summed E-state index contributed by atoms with van der Waals surface area (Å²) in [7, 11) is 0. The second-order valence-electron chi connectivity index (χ2n) is 3.67. The molecule has 17 heavy (non-hydrogen) atoms. The van der Waals surface area contributed by atoms with Crippen LogP contribution in [0.5, 0.6) is 0 Å². The summed E-state index contributed by atoms with van der Waals surface area (Å²) in [6.45, 7) is 5.27. The number of carbonyl (C=O) groups is 2. The van der Waals surface area contributed by atoms with Crippen LogP contribution >= 0.6 is 0 Å². The third-order valence-corrected chi connectivity index (χ3v) is 2.01. The number of esters is 1. The second-order valence-corrected chi connectivity index (χ2v) is 3.67. The molecule has 0 bridgehead atoms. The van der Waals surface area contributed by atoms with E-state index in [1.807, 2.05) is 0 Å². The summed E-state index contributed by atoms with van der Waals surface area (Å²) in [4.78, 5) is 26.3. The fraction of sp³-hybridized carbons (Fsp3) is 0.455. The number of Topliss-reactive ketones (excluding diaryl/α,β-unsaturated/α-hetero) is 1. The average molecular weight is 237 g/mol. The number of ether oxygens (including phenoxy) is 1. The molecule has 0 spiro atoms. The molecule has 0 saturated carbocycles. The molecule has 6 nitrogen and oxygen atoms in total. The highest BCUT2D eigenvalue weighted by molar-refractivity contribution is 5.87. The van der Waals surface area contributed by atoms with Crippen molar-refractivity contribution in [2.24, 2.45) is 0 Å². The minimum absolute atomic E-state index is 0.0353. The van der Waals surface area contributed by atoms with Crippen molar-refractivity contribution in [1.29, 1.82) is 0 Å². The van der Waals surface area contributed by atoms with Crippen LogP contribution in [-0.4, -0.2) is 33.5 Å². The number of nitrogens with zero attached hydrogens (tertiary/aromatic N) is 2. The molecule has 0 aromatic carbocycles. The van der Waals surface area contributed by atoms with Crippen LogP contribution in [0.4, 0.5) is 0 Å². The van der Waals surface area contributed by atoms with Crippen LogP contribution in [0.2, 0.25) is 0 Å². The van der Waals surface area contributed by atoms with Gasteiger partial charge in [-0.3, -0.25) is 9.89 Å². The molecule has 1 rings (SSSR count). The van der Waals surface area contributed by atoms with E-state index in [0.717, 1.165) is 0 Å². The molecular formula is C11H15N3O3. The van der Waals surface area contributed by atoms with E-state index in [1.54, 1.807) is 6.92 Å². The molecule has 1 aromatic heterocycles. The van der Waals surface area contributed by atoms with Crippen LogP contribution in [0, 0.1) is 0 Å². The SMILES string of the molecule is C=C(C)C(=O)OCCCC(=O)Cc1ncn[nH]1. The van der Waals surface area contributed by atoms with E-state index < -0.39 is 5.97 Å². The van der Waals surface area contributed by atoms with Crippen molar-refractivity contribution >= 4 is 11.8 Å². The van der Waals surface area contributed by atoms with E-state index >= 15 is 0 Å². The van der Waals surface area contributed by atoms with Crippen molar-refractivity contribution in [1.82, 2.24) is 15.2 Å². The molecule has 0 amide bonds. The Labute approximate surface area is 99.1 Å². The topological polar surface area (TPSA) is 84.9 Å². The summed E-state index contributed by atoms with van der Waals surface area (Å²) in [5.41, 5.74) is 0.359. The number of rotatable bonds is 7. The van der Waals surface area contributed by atoms with Crippen molar-refractivity contribution < 1.29 is 14.3 Å². The average Bonchev–Trinajstić information content (AvgIpc) is 2.76. The quantitative estimate of drug-likeness (QED) is 0.431. The Morgan fingerprint density at radius 2 is 2.29 bits per heavy atom. The second kappa shape index (κ2) is 6.57. The lowest BCUT2D eigenvalue weighted by molar-refractivity contribution is -0.139. The molecule has 6 heteroatoms. The van der Waals surface area contributed by atoms with Gasteiger partial charge in [-0.25, -0.2) is 9.78 Å². The van der Waals surface area contributed by atoms with E-state index in [2.05, 4.69) is 21.8 Å². The van der Waals surface area contributed by atoms with Crippen LogP contribution in [0.1, 0.15) is 25.6 Å². The van der Waals surface area contributed by atoms with Crippen LogP contribution < -0.4 is 0 Å². The number of aromatic amines is 1. The number of carbonyl (C=O) groups excluding carboxylic acids is 2. The standard InChI is InChI=1S/C11H15N3O3/c1-8(2)11(16)17-5-3-4-9(15)6-10-12-7-13-14-10/h7H,1,3-6H2,2H3,(H,12,13,14). The first-order valence-electron chi connectivity index (χ1n) is 5.28. The molecule has 0 saturated heterocycles. The first-order chi connectivity index (χ1) is 8.09. The van der Waals surface area contributed by atoms with Gasteiger partial charge in [-0.2, -0.15) is 5.10 Å². The number of aromatic nitrogens is 3. The van der Waals surface area contributed by atoms with Gasteiger partial charge in [0, 0.05) is 12.0 Å². The molecule has 92 valence electrons. The van der Waals surface area contributed by atoms with Gasteiger partial charge in [0.25, 0.3) is 0 Å². The van der Waals surface area contributed by atoms with Gasteiger partial charge in [0.15, 0.2) is 0 Å². The molecular weight excluding hydrogens is 222 g/mol. The van der Waals surface area contributed by atoms with E-state index in [-0.39, 0.29) is 18.8 Å². The summed E-state index contributed by atoms with van der Waals surface area (Å²) in [6.07, 6.45) is 2.45. The largest absolute Gasteiger partial charge is 0.462 e. The number of ketones is 1. The molecule has 0 atom stereocenters. The molecule has 1 heterocycles. The zero-order valence-corrected chi connectivity index (χ0v) is 9.73. The maximum atomic E-state index is 11.4. The Bertz CT molecular complexity index is 398. The lowest BCUT2D eigenvalue weighted by Gasteiger charge is -2.03. The van der Waals surface area contributed by atoms with Crippen LogP contribution in [-0.2, 0) is 20.7 Å². The Hall–Kier alpha value is -1.98. The normalized spacial score (nSPS) is 9.94. The fourth-order valence-corrected chi connectivity index (χ4v) is 1.15. The third-order valence-electron chi connectivity index (χ3n) is 2.01. The fourth-order valence-electron chi connectivity index (χ4n) is 1.15. The van der Waals surface area contributed by atoms with Gasteiger partial charge >= 0.3 is 5.97 Å². The molecule has 0 aliphatic heterocycles. The van der Waals surface area contributed by atoms with Gasteiger partial charge < -0.3 is 4.74 Å². The summed E-state index contributed by atoms with van der Waals surface area (Å²) in [5, 5.41) is 6.26. The number of nitrogens with one attached hydrogen (secondary N) is 1. The predicted octanol–water partition coefficient (Wildman–Crippen LogP) is 0.816. The number of hydrogen-bond donors (Lipinski definition) is 1. The lowest BCUT2D eigenvalue weighted by Crippen LogP contribution is -2.09. The van der Waals surface area contributed by atoms with E-state index in [4.69, 9.17) is 4.74 Å². The zero-order chi connectivity index (χ0) is 12.7. The number of H-pyrrole nitrogens is 1. The Morgan fingerprint density at radius 3 is 2.88 bits per heavy atom. The smallest absolute Gasteiger partial charge is 0.333 e. The number of hydrogen-bond acceptors (Lipinski definition) is 5. The van der Waals surface area contributed by atoms with Gasteiger partial charge in [-0.05, 0) is 13.3 Å². The monoisotopic (exact) mass is 237 g/mol. The van der Waals surface area contributed by atoms with Crippen LogP contribution in [0.25, 0.3) is 0 Å². The molecule has 0 unspecified atom stereocenters. The minimum Gasteiger partial charge on any atom is -0.462 e. The van der Waals surface area contributed by atoms with Crippen LogP contribution in [0.3, 0.4) is 0 Å². The highest BCUT2D eigenvalue weighted by Gasteiger charge is 2.07. The lowest BCUT2D eigenvalue weighted by atomic mass is 10.1. The molecule has 1 aromatic rings. The Kier molecular flexibility index (Phi) is 5.06. The first-order valence-corrected chi connectivity index (χ1v) is 5.28. The van der Waals surface area contributed by atoms with E-state index in [9.17, 15) is 9.59 Å². The Morgan fingerprint density at radius 1 is 1.53 bits per heavy atom. The highest BCUT2D eigenvalue weighted by atomic mass is 16.5. The van der Waals surface area contributed by atoms with Gasteiger partial charge in [0.05, 0.1) is 13.0 Å². The van der Waals surface area contributed by atoms with Gasteiger partial charge in [-0.1, -0.05) is 6.58 Å². The van der Waals surface area contributed by atoms with Gasteiger partial charge in [0.2, 0.25) is 0 Å². The molecule has 1 N–H and O–H groups in total. The van der Waals surface area contributed by atoms with Crippen molar-refractivity contribution in [3.05, 3.63) is 24.3 Å². The first kappa shape index (κ1) is 13.1. The van der Waals surface area contributed by atoms with Crippen molar-refractivity contribution in [2.75, 3.05) is 6.61 Å². The maximum absolute atomic E-state index is 11.4. The minimum atomic E-state index is -0.423. The summed E-state index contributed by atoms with van der Waals surface area (Å²) in [5.74, 6) is 0.162. The van der Waals surface area contributed by atoms with E-state index in [0.29, 0.717) is 24.2 Å². The Balaban J connectivity index is 2.12. The third kappa shape index (κ3) is 5.05. The van der Waals surface area contributed by atoms with Crippen molar-refractivity contribution in [2.45, 2.75) is 26.2 Å². The summed E-state index contributed by atoms with van der Waals surface area (Å²) < 4.78 is 4.86. The van der Waals surface area contributed by atoms with E-state index in [1.165, 1.54) is 6.33 Å². The van der Waals surface area contributed by atoms with Gasteiger partial charge in [-0.15, -0.1) is 0 Å². The van der Waals surface area contributed by atoms with Crippen molar-refractivity contribution in [3.8, 4) is 0 Å². The predicted molar refractivity (Wildman–Crippen MR) is 60.1 cm³/mol. The summed E-state index contributed by atoms with van der Waals surface area (Å²) >= 11 is 0. The maximum Gasteiger partial charge on any atom is 0.333 e. The molecule has 0 fully saturated rings. The highest BCUT2D eigenvalue weighted by Crippen LogP contribution is 1.99. The molecule has 0 radical (unpaired) electrons. The van der Waals surface area contributed by atoms with Crippen LogP contribution in [0.15, 0.2) is 18.5 Å². The van der Waals surface area contributed by atoms with Crippen molar-refractivity contribution in [3.63, 3.8) is 0 Å². The molecule has 0 aliphatic rings. The molecule has 0 aliphatic carbocycles.